The molecule has 0 bridgehead atoms. The highest BCUT2D eigenvalue weighted by molar-refractivity contribution is 8.56. The molecule has 1 rings (SSSR count). The summed E-state index contributed by atoms with van der Waals surface area (Å²) in [5.74, 6) is 5.70. The zero-order chi connectivity index (χ0) is 42.7. The van der Waals surface area contributed by atoms with Crippen molar-refractivity contribution < 1.29 is 56.7 Å². The highest BCUT2D eigenvalue weighted by Gasteiger charge is 2.37. The number of amides is 4. The predicted octanol–water partition coefficient (Wildman–Crippen LogP) is 2.29. The first-order valence-electron chi connectivity index (χ1n) is 19.7. The lowest BCUT2D eigenvalue weighted by Gasteiger charge is -2.37. The first-order chi connectivity index (χ1) is 28.0. The van der Waals surface area contributed by atoms with Crippen molar-refractivity contribution in [3.63, 3.8) is 0 Å². The van der Waals surface area contributed by atoms with Gasteiger partial charge in [-0.05, 0) is 51.2 Å². The number of hydrogen-bond acceptors (Lipinski definition) is 13. The van der Waals surface area contributed by atoms with Crippen molar-refractivity contribution in [2.75, 3.05) is 112 Å². The van der Waals surface area contributed by atoms with Crippen LogP contribution < -0.4 is 21.3 Å². The van der Waals surface area contributed by atoms with Gasteiger partial charge in [-0.15, -0.1) is 19.3 Å². The maximum Gasteiger partial charge on any atom is 0.254 e. The molecule has 1 unspecified atom stereocenters. The second-order valence-electron chi connectivity index (χ2n) is 13.5. The molecule has 18 heteroatoms. The maximum atomic E-state index is 14.0. The quantitative estimate of drug-likeness (QED) is 0.0412. The fraction of sp³-hybridized carbons (Fsp3) is 0.750. The fourth-order valence-corrected chi connectivity index (χ4v) is 7.30. The molecule has 4 N–H and O–H groups in total. The molecule has 1 aliphatic rings. The molecule has 0 radical (unpaired) electrons. The van der Waals surface area contributed by atoms with Crippen LogP contribution in [0, 0.1) is 42.9 Å². The standard InChI is InChI=1S/C40H65N4O12PS/c1-6-22-50-28-31-53-25-19-41-36(45)13-16-40(17-14-37(46)42-20-26-54-32-29-51-23-7-2,18-15-38(47)43-21-27-55-33-30-52-24-8-3)44-39(48)34-9-11-35(12-10-34)56-57(4,49)58-5/h1-3,34-35H,9-33H2,4-5H3,(H,41,45)(H,42,46)(H,43,47)(H,44,48)/t34-,35-,57?. The van der Waals surface area contributed by atoms with Crippen LogP contribution in [0.4, 0.5) is 0 Å². The molecule has 16 nitrogen and oxygen atoms in total. The number of terminal acetylenes is 3. The zero-order valence-electron chi connectivity index (χ0n) is 34.3. The molecule has 1 aliphatic carbocycles. The van der Waals surface area contributed by atoms with E-state index in [-0.39, 0.29) is 133 Å². The molecule has 0 saturated heterocycles. The topological polar surface area (TPSA) is 198 Å². The van der Waals surface area contributed by atoms with E-state index in [9.17, 15) is 23.7 Å². The normalized spacial score (nSPS) is 16.2. The minimum atomic E-state index is -2.79. The Bertz CT molecular complexity index is 1250. The summed E-state index contributed by atoms with van der Waals surface area (Å²) in [7, 11) is 0. The lowest BCUT2D eigenvalue weighted by atomic mass is 9.81. The molecule has 58 heavy (non-hydrogen) atoms. The van der Waals surface area contributed by atoms with Crippen LogP contribution in [-0.2, 0) is 56.7 Å². The number of nitrogens with one attached hydrogen (secondary N) is 4. The van der Waals surface area contributed by atoms with Crippen molar-refractivity contribution in [2.24, 2.45) is 5.92 Å². The molecule has 1 fully saturated rings. The van der Waals surface area contributed by atoms with Crippen molar-refractivity contribution in [2.45, 2.75) is 75.9 Å². The molecule has 1 saturated carbocycles. The Kier molecular flexibility index (Phi) is 30.7. The number of rotatable bonds is 35. The molecular formula is C40H65N4O12PS. The second-order valence-corrected chi connectivity index (χ2v) is 18.7. The van der Waals surface area contributed by atoms with Crippen molar-refractivity contribution >= 4 is 41.6 Å². The Morgan fingerprint density at radius 3 is 1.33 bits per heavy atom. The van der Waals surface area contributed by atoms with Gasteiger partial charge in [-0.2, -0.15) is 0 Å². The molecular weight excluding hydrogens is 791 g/mol. The van der Waals surface area contributed by atoms with E-state index >= 15 is 0 Å². The largest absolute Gasteiger partial charge is 0.377 e. The third-order valence-electron chi connectivity index (χ3n) is 8.98. The van der Waals surface area contributed by atoms with Gasteiger partial charge in [0.15, 0.2) is 0 Å². The molecule has 0 aromatic rings. The Balaban J connectivity index is 3.03. The average Bonchev–Trinajstić information content (AvgIpc) is 3.21. The number of ether oxygens (including phenoxy) is 6. The monoisotopic (exact) mass is 856 g/mol. The molecule has 0 heterocycles. The average molecular weight is 857 g/mol. The van der Waals surface area contributed by atoms with Crippen LogP contribution in [-0.4, -0.2) is 147 Å². The van der Waals surface area contributed by atoms with E-state index in [2.05, 4.69) is 39.0 Å². The summed E-state index contributed by atoms with van der Waals surface area (Å²) in [4.78, 5) is 53.2. The minimum Gasteiger partial charge on any atom is -0.377 e. The summed E-state index contributed by atoms with van der Waals surface area (Å²) in [6.07, 6.45) is 19.7. The Morgan fingerprint density at radius 1 is 0.621 bits per heavy atom. The summed E-state index contributed by atoms with van der Waals surface area (Å²) in [5.41, 5.74) is -1.09. The van der Waals surface area contributed by atoms with Crippen molar-refractivity contribution in [3.05, 3.63) is 0 Å². The van der Waals surface area contributed by atoms with E-state index in [4.69, 9.17) is 52.2 Å². The molecule has 0 aliphatic heterocycles. The van der Waals surface area contributed by atoms with E-state index in [1.165, 1.54) is 11.4 Å². The molecule has 0 spiro atoms. The Hall–Kier alpha value is -3.14. The van der Waals surface area contributed by atoms with Crippen LogP contribution in [0.25, 0.3) is 0 Å². The van der Waals surface area contributed by atoms with Crippen molar-refractivity contribution in [1.82, 2.24) is 21.3 Å². The third kappa shape index (κ3) is 27.5. The van der Waals surface area contributed by atoms with Gasteiger partial charge in [0.2, 0.25) is 23.6 Å². The summed E-state index contributed by atoms with van der Waals surface area (Å²) >= 11 is 1.19. The van der Waals surface area contributed by atoms with Crippen LogP contribution in [0.5, 0.6) is 0 Å². The summed E-state index contributed by atoms with van der Waals surface area (Å²) in [6.45, 7) is 2.85. The Morgan fingerprint density at radius 2 is 0.983 bits per heavy atom. The lowest BCUT2D eigenvalue weighted by molar-refractivity contribution is -0.131. The second kappa shape index (κ2) is 33.7. The van der Waals surface area contributed by atoms with Gasteiger partial charge in [-0.3, -0.25) is 23.7 Å². The summed E-state index contributed by atoms with van der Waals surface area (Å²) < 4.78 is 50.4. The number of carbonyl (C=O) groups excluding carboxylic acids is 4. The zero-order valence-corrected chi connectivity index (χ0v) is 36.0. The van der Waals surface area contributed by atoms with Gasteiger partial charge in [0.1, 0.15) is 19.8 Å². The highest BCUT2D eigenvalue weighted by Crippen LogP contribution is 2.56. The van der Waals surface area contributed by atoms with Crippen molar-refractivity contribution in [3.8, 4) is 37.0 Å². The van der Waals surface area contributed by atoms with Crippen LogP contribution in [0.15, 0.2) is 0 Å². The molecule has 0 aromatic heterocycles. The van der Waals surface area contributed by atoms with Gasteiger partial charge in [0, 0.05) is 57.0 Å². The smallest absolute Gasteiger partial charge is 0.254 e. The molecule has 328 valence electrons. The fourth-order valence-electron chi connectivity index (χ4n) is 5.83. The predicted molar refractivity (Wildman–Crippen MR) is 223 cm³/mol. The van der Waals surface area contributed by atoms with Gasteiger partial charge in [0.25, 0.3) is 6.57 Å². The summed E-state index contributed by atoms with van der Waals surface area (Å²) in [5, 5.41) is 11.7. The maximum absolute atomic E-state index is 14.0. The summed E-state index contributed by atoms with van der Waals surface area (Å²) in [6, 6.07) is 0. The van der Waals surface area contributed by atoms with Crippen molar-refractivity contribution in [1.29, 1.82) is 0 Å². The van der Waals surface area contributed by atoms with Gasteiger partial charge >= 0.3 is 0 Å². The first-order valence-corrected chi connectivity index (χ1v) is 23.6. The SMILES string of the molecule is C#CCOCCOCCNC(=O)CCC(CCC(=O)NCCOCCOCC#C)(CCC(=O)NCCOCCOCC#C)NC(=O)[C@H]1CC[C@H](OP(C)(=O)SC)CC1. The van der Waals surface area contributed by atoms with Crippen LogP contribution >= 0.6 is 18.0 Å². The van der Waals surface area contributed by atoms with Crippen LogP contribution in [0.3, 0.4) is 0 Å². The van der Waals surface area contributed by atoms with Gasteiger partial charge in [-0.25, -0.2) is 0 Å². The first kappa shape index (κ1) is 52.9. The Labute approximate surface area is 349 Å². The van der Waals surface area contributed by atoms with E-state index in [0.717, 1.165) is 0 Å². The molecule has 4 amide bonds. The minimum absolute atomic E-state index is 0.0149. The lowest BCUT2D eigenvalue weighted by Crippen LogP contribution is -2.52. The van der Waals surface area contributed by atoms with E-state index in [1.807, 2.05) is 0 Å². The van der Waals surface area contributed by atoms with Gasteiger partial charge in [0.05, 0.1) is 65.6 Å². The van der Waals surface area contributed by atoms with E-state index < -0.39 is 12.1 Å². The van der Waals surface area contributed by atoms with Crippen LogP contribution in [0.2, 0.25) is 0 Å². The van der Waals surface area contributed by atoms with Gasteiger partial charge < -0.3 is 54.2 Å². The van der Waals surface area contributed by atoms with E-state index in [1.54, 1.807) is 12.9 Å². The molecule has 1 atom stereocenters. The number of hydrogen-bond donors (Lipinski definition) is 4. The third-order valence-corrected chi connectivity index (χ3v) is 12.6. The van der Waals surface area contributed by atoms with Gasteiger partial charge in [-0.1, -0.05) is 29.1 Å². The van der Waals surface area contributed by atoms with Crippen LogP contribution in [0.1, 0.15) is 64.2 Å². The number of carbonyl (C=O) groups is 4. The van der Waals surface area contributed by atoms with E-state index in [0.29, 0.717) is 65.3 Å². The highest BCUT2D eigenvalue weighted by atomic mass is 32.7. The molecule has 0 aromatic carbocycles.